The zero-order valence-electron chi connectivity index (χ0n) is 30.4. The standard InChI is InChI=1S/C21H24F3N3O4.C16H16F3N3O2.ClH/c1-20(2,3)31-19(29)25-8-7-15-11-26-18(28)17-10-14(12-27(15)17)13-5-4-6-16(9-13)30-21(22,23)24;17-16(18,19)24-13-3-1-2-10(6-13)11-7-14-15(23)21-8-12(4-5-20)22(14)9-11;/h4-6,9-10,12,15H,7-8,11H2,1-3H3,(H,25,29)(H,26,28);1-3,6-7,9,12H,4-5,8,20H2,(H,21,23);1H/t15-;12-;/m00./s1. The molecular formula is C37H41ClF6N6O6. The molecule has 2 aliphatic heterocycles. The summed E-state index contributed by atoms with van der Waals surface area (Å²) in [6.45, 7) is 6.96. The molecule has 12 nitrogen and oxygen atoms in total. The zero-order valence-corrected chi connectivity index (χ0v) is 31.2. The summed E-state index contributed by atoms with van der Waals surface area (Å²) < 4.78 is 91.3. The molecule has 0 saturated carbocycles. The van der Waals surface area contributed by atoms with Crippen molar-refractivity contribution in [3.63, 3.8) is 0 Å². The second-order valence-electron chi connectivity index (χ2n) is 13.7. The molecule has 56 heavy (non-hydrogen) atoms. The van der Waals surface area contributed by atoms with Crippen LogP contribution in [-0.2, 0) is 4.74 Å². The molecule has 2 aromatic carbocycles. The number of hydrogen-bond donors (Lipinski definition) is 4. The molecule has 304 valence electrons. The fraction of sp³-hybridized carbons (Fsp3) is 0.378. The van der Waals surface area contributed by atoms with E-state index in [0.717, 1.165) is 0 Å². The van der Waals surface area contributed by atoms with E-state index in [4.69, 9.17) is 10.5 Å². The highest BCUT2D eigenvalue weighted by Gasteiger charge is 2.33. The average molecular weight is 815 g/mol. The quantitative estimate of drug-likeness (QED) is 0.129. The molecular weight excluding hydrogens is 774 g/mol. The summed E-state index contributed by atoms with van der Waals surface area (Å²) in [5.74, 6) is -1.12. The van der Waals surface area contributed by atoms with Crippen LogP contribution in [0, 0.1) is 0 Å². The third kappa shape index (κ3) is 11.8. The van der Waals surface area contributed by atoms with Crippen LogP contribution in [0.2, 0.25) is 0 Å². The molecule has 4 aromatic rings. The van der Waals surface area contributed by atoms with Crippen LogP contribution in [0.1, 0.15) is 66.7 Å². The predicted octanol–water partition coefficient (Wildman–Crippen LogP) is 7.36. The smallest absolute Gasteiger partial charge is 0.444 e. The van der Waals surface area contributed by atoms with Gasteiger partial charge in [0.15, 0.2) is 0 Å². The van der Waals surface area contributed by atoms with E-state index in [1.54, 1.807) is 62.0 Å². The fourth-order valence-corrected chi connectivity index (χ4v) is 6.12. The van der Waals surface area contributed by atoms with Gasteiger partial charge in [-0.05, 0) is 87.7 Å². The topological polar surface area (TPSA) is 151 Å². The van der Waals surface area contributed by atoms with Crippen molar-refractivity contribution in [1.29, 1.82) is 0 Å². The van der Waals surface area contributed by atoms with E-state index < -0.39 is 24.4 Å². The molecule has 2 atom stereocenters. The number of alkyl carbamates (subject to hydrolysis) is 1. The van der Waals surface area contributed by atoms with Gasteiger partial charge < -0.3 is 45.0 Å². The molecule has 0 unspecified atom stereocenters. The van der Waals surface area contributed by atoms with Gasteiger partial charge in [-0.15, -0.1) is 38.7 Å². The minimum absolute atomic E-state index is 0. The monoisotopic (exact) mass is 814 g/mol. The van der Waals surface area contributed by atoms with Crippen molar-refractivity contribution < 1.29 is 54.9 Å². The van der Waals surface area contributed by atoms with Crippen molar-refractivity contribution in [2.75, 3.05) is 26.2 Å². The van der Waals surface area contributed by atoms with Crippen molar-refractivity contribution in [3.05, 3.63) is 84.4 Å². The highest BCUT2D eigenvalue weighted by molar-refractivity contribution is 5.96. The molecule has 0 spiro atoms. The Kier molecular flexibility index (Phi) is 13.6. The first-order chi connectivity index (χ1) is 25.8. The molecule has 0 bridgehead atoms. The van der Waals surface area contributed by atoms with Gasteiger partial charge in [-0.2, -0.15) is 0 Å². The fourth-order valence-electron chi connectivity index (χ4n) is 6.12. The molecule has 2 aliphatic rings. The van der Waals surface area contributed by atoms with Gasteiger partial charge in [0, 0.05) is 43.2 Å². The summed E-state index contributed by atoms with van der Waals surface area (Å²) in [6, 6.07) is 14.4. The van der Waals surface area contributed by atoms with Gasteiger partial charge in [0.1, 0.15) is 28.5 Å². The van der Waals surface area contributed by atoms with Crippen molar-refractivity contribution in [2.24, 2.45) is 5.73 Å². The van der Waals surface area contributed by atoms with Crippen molar-refractivity contribution in [1.82, 2.24) is 25.1 Å². The van der Waals surface area contributed by atoms with Crippen molar-refractivity contribution in [2.45, 2.75) is 64.0 Å². The molecule has 6 rings (SSSR count). The van der Waals surface area contributed by atoms with Crippen LogP contribution in [0.15, 0.2) is 73.1 Å². The largest absolute Gasteiger partial charge is 0.573 e. The first-order valence-corrected chi connectivity index (χ1v) is 17.2. The number of aromatic nitrogens is 2. The van der Waals surface area contributed by atoms with Gasteiger partial charge in [-0.1, -0.05) is 24.3 Å². The molecule has 5 N–H and O–H groups in total. The number of benzene rings is 2. The molecule has 0 radical (unpaired) electrons. The Hall–Kier alpha value is -5.36. The highest BCUT2D eigenvalue weighted by atomic mass is 35.5. The number of fused-ring (bicyclic) bond motifs is 2. The van der Waals surface area contributed by atoms with Gasteiger partial charge in [0.25, 0.3) is 11.8 Å². The second kappa shape index (κ2) is 17.6. The summed E-state index contributed by atoms with van der Waals surface area (Å²) >= 11 is 0. The van der Waals surface area contributed by atoms with E-state index in [9.17, 15) is 40.7 Å². The van der Waals surface area contributed by atoms with Crippen LogP contribution < -0.4 is 31.2 Å². The van der Waals surface area contributed by atoms with Gasteiger partial charge in [0.2, 0.25) is 0 Å². The van der Waals surface area contributed by atoms with Gasteiger partial charge in [0.05, 0.1) is 12.1 Å². The number of nitrogens with zero attached hydrogens (tertiary/aromatic N) is 2. The van der Waals surface area contributed by atoms with E-state index in [1.807, 2.05) is 4.57 Å². The number of alkyl halides is 6. The first-order valence-electron chi connectivity index (χ1n) is 17.2. The SMILES string of the molecule is CC(C)(C)OC(=O)NCC[C@H]1CNC(=O)c2cc(-c3cccc(OC(F)(F)F)c3)cn21.Cl.NCC[C@H]1CNC(=O)c2cc(-c3cccc(OC(F)(F)F)c3)cn21. The Morgan fingerprint density at radius 3 is 1.61 bits per heavy atom. The Labute approximate surface area is 324 Å². The number of amides is 3. The van der Waals surface area contributed by atoms with E-state index in [2.05, 4.69) is 25.4 Å². The number of carbonyl (C=O) groups excluding carboxylic acids is 3. The Morgan fingerprint density at radius 2 is 1.20 bits per heavy atom. The maximum absolute atomic E-state index is 12.5. The van der Waals surface area contributed by atoms with Gasteiger partial charge >= 0.3 is 18.8 Å². The van der Waals surface area contributed by atoms with Crippen LogP contribution in [0.3, 0.4) is 0 Å². The molecule has 3 amide bonds. The molecule has 2 aromatic heterocycles. The minimum atomic E-state index is -4.79. The molecule has 0 aliphatic carbocycles. The average Bonchev–Trinajstić information content (AvgIpc) is 3.73. The maximum Gasteiger partial charge on any atom is 0.573 e. The van der Waals surface area contributed by atoms with Gasteiger partial charge in [-0.25, -0.2) is 4.79 Å². The van der Waals surface area contributed by atoms with Crippen LogP contribution in [0.25, 0.3) is 22.3 Å². The van der Waals surface area contributed by atoms with Crippen LogP contribution in [0.4, 0.5) is 31.1 Å². The number of hydrogen-bond acceptors (Lipinski definition) is 7. The second-order valence-corrected chi connectivity index (χ2v) is 13.7. The van der Waals surface area contributed by atoms with Gasteiger partial charge in [-0.3, -0.25) is 9.59 Å². The van der Waals surface area contributed by atoms with Crippen molar-refractivity contribution in [3.8, 4) is 33.8 Å². The minimum Gasteiger partial charge on any atom is -0.444 e. The lowest BCUT2D eigenvalue weighted by atomic mass is 10.1. The Bertz CT molecular complexity index is 2010. The van der Waals surface area contributed by atoms with E-state index >= 15 is 0 Å². The number of nitrogens with two attached hydrogens (primary N) is 1. The lowest BCUT2D eigenvalue weighted by Gasteiger charge is -2.27. The summed E-state index contributed by atoms with van der Waals surface area (Å²) in [6.07, 6.45) is -5.35. The molecule has 0 saturated heterocycles. The number of carbonyl (C=O) groups is 3. The molecule has 19 heteroatoms. The van der Waals surface area contributed by atoms with Crippen LogP contribution in [0.5, 0.6) is 11.5 Å². The maximum atomic E-state index is 12.5. The third-order valence-electron chi connectivity index (χ3n) is 8.39. The summed E-state index contributed by atoms with van der Waals surface area (Å²) in [4.78, 5) is 36.1. The molecule has 4 heterocycles. The van der Waals surface area contributed by atoms with Crippen molar-refractivity contribution >= 4 is 30.3 Å². The van der Waals surface area contributed by atoms with Crippen LogP contribution >= 0.6 is 12.4 Å². The van der Waals surface area contributed by atoms with Crippen LogP contribution in [-0.4, -0.2) is 71.5 Å². The third-order valence-corrected chi connectivity index (χ3v) is 8.39. The normalized spacial score (nSPS) is 16.5. The number of rotatable bonds is 9. The zero-order chi connectivity index (χ0) is 40.1. The first kappa shape index (κ1) is 43.4. The van der Waals surface area contributed by atoms with E-state index in [1.165, 1.54) is 36.4 Å². The highest BCUT2D eigenvalue weighted by Crippen LogP contribution is 2.33. The predicted molar refractivity (Wildman–Crippen MR) is 196 cm³/mol. The van der Waals surface area contributed by atoms with E-state index in [0.29, 0.717) is 72.7 Å². The Morgan fingerprint density at radius 1 is 0.750 bits per heavy atom. The lowest BCUT2D eigenvalue weighted by Crippen LogP contribution is -2.40. The number of nitrogens with one attached hydrogen (secondary N) is 3. The summed E-state index contributed by atoms with van der Waals surface area (Å²) in [5.41, 5.74) is 8.13. The summed E-state index contributed by atoms with van der Waals surface area (Å²) in [5, 5.41) is 8.27. The molecule has 0 fully saturated rings. The summed E-state index contributed by atoms with van der Waals surface area (Å²) in [7, 11) is 0. The lowest BCUT2D eigenvalue weighted by molar-refractivity contribution is -0.275. The van der Waals surface area contributed by atoms with E-state index in [-0.39, 0.29) is 47.8 Å². The number of halogens is 7. The number of ether oxygens (including phenoxy) is 3. The Balaban J connectivity index is 0.000000252.